The highest BCUT2D eigenvalue weighted by atomic mass is 32.2. The van der Waals surface area contributed by atoms with Gasteiger partial charge in [-0.3, -0.25) is 14.6 Å². The molecular formula is C34H35FN4O4S. The number of amides is 2. The van der Waals surface area contributed by atoms with Crippen LogP contribution in [0.1, 0.15) is 47.7 Å². The molecule has 0 bridgehead atoms. The van der Waals surface area contributed by atoms with Crippen LogP contribution in [0.2, 0.25) is 0 Å². The maximum atomic E-state index is 13.9. The number of nitrogens with one attached hydrogen (secondary N) is 1. The molecule has 44 heavy (non-hydrogen) atoms. The van der Waals surface area contributed by atoms with Crippen LogP contribution in [0.3, 0.4) is 0 Å². The Bertz CT molecular complexity index is 1650. The fraction of sp³-hybridized carbons (Fsp3) is 0.265. The van der Waals surface area contributed by atoms with Crippen LogP contribution in [-0.4, -0.2) is 47.5 Å². The molecule has 3 aromatic carbocycles. The van der Waals surface area contributed by atoms with Gasteiger partial charge in [0.2, 0.25) is 21.8 Å². The van der Waals surface area contributed by atoms with Crippen LogP contribution in [0.25, 0.3) is 0 Å². The van der Waals surface area contributed by atoms with Gasteiger partial charge in [-0.1, -0.05) is 60.7 Å². The van der Waals surface area contributed by atoms with E-state index in [0.29, 0.717) is 36.3 Å². The van der Waals surface area contributed by atoms with Crippen molar-refractivity contribution in [3.05, 3.63) is 131 Å². The summed E-state index contributed by atoms with van der Waals surface area (Å²) >= 11 is 0. The first-order chi connectivity index (χ1) is 21.3. The van der Waals surface area contributed by atoms with Crippen molar-refractivity contribution in [3.63, 3.8) is 0 Å². The average Bonchev–Trinajstić information content (AvgIpc) is 3.61. The predicted molar refractivity (Wildman–Crippen MR) is 165 cm³/mol. The molecule has 1 aliphatic rings. The quantitative estimate of drug-likeness (QED) is 0.242. The number of hydrogen-bond donors (Lipinski definition) is 1. The molecule has 1 N–H and O–H groups in total. The van der Waals surface area contributed by atoms with Crippen molar-refractivity contribution in [1.82, 2.24) is 19.5 Å². The molecule has 0 unspecified atom stereocenters. The van der Waals surface area contributed by atoms with E-state index in [1.165, 1.54) is 21.3 Å². The van der Waals surface area contributed by atoms with E-state index >= 15 is 0 Å². The van der Waals surface area contributed by atoms with Crippen LogP contribution in [0.5, 0.6) is 0 Å². The smallest absolute Gasteiger partial charge is 0.247 e. The zero-order valence-corrected chi connectivity index (χ0v) is 25.1. The molecule has 2 heterocycles. The molecule has 4 aromatic rings. The number of carbonyl (C=O) groups excluding carboxylic acids is 2. The van der Waals surface area contributed by atoms with Crippen LogP contribution >= 0.6 is 0 Å². The third-order valence-corrected chi connectivity index (χ3v) is 9.60. The molecule has 1 saturated heterocycles. The largest absolute Gasteiger partial charge is 0.348 e. The van der Waals surface area contributed by atoms with Gasteiger partial charge in [0.15, 0.2) is 0 Å². The summed E-state index contributed by atoms with van der Waals surface area (Å²) in [7, 11) is -3.53. The highest BCUT2D eigenvalue weighted by molar-refractivity contribution is 7.89. The minimum atomic E-state index is -3.53. The average molecular weight is 615 g/mol. The second-order valence-corrected chi connectivity index (χ2v) is 12.7. The molecule has 1 fully saturated rings. The number of carbonyl (C=O) groups is 2. The van der Waals surface area contributed by atoms with Crippen LogP contribution in [0.4, 0.5) is 4.39 Å². The van der Waals surface area contributed by atoms with Gasteiger partial charge in [-0.05, 0) is 72.4 Å². The lowest BCUT2D eigenvalue weighted by Crippen LogP contribution is -2.43. The number of aryl methyl sites for hydroxylation is 1. The summed E-state index contributed by atoms with van der Waals surface area (Å²) in [6.07, 6.45) is 3.79. The fourth-order valence-electron chi connectivity index (χ4n) is 5.30. The Morgan fingerprint density at radius 2 is 1.52 bits per heavy atom. The summed E-state index contributed by atoms with van der Waals surface area (Å²) in [4.78, 5) is 33.7. The second kappa shape index (κ2) is 14.4. The number of hydrogen-bond acceptors (Lipinski definition) is 5. The van der Waals surface area contributed by atoms with Gasteiger partial charge in [0.1, 0.15) is 11.9 Å². The third-order valence-electron chi connectivity index (χ3n) is 7.69. The number of pyridine rings is 1. The molecule has 0 radical (unpaired) electrons. The zero-order chi connectivity index (χ0) is 30.9. The maximum absolute atomic E-state index is 13.9. The topological polar surface area (TPSA) is 99.7 Å². The number of benzene rings is 3. The van der Waals surface area contributed by atoms with Gasteiger partial charge in [-0.2, -0.15) is 4.31 Å². The minimum Gasteiger partial charge on any atom is -0.348 e. The molecule has 0 aliphatic carbocycles. The Kier molecular flexibility index (Phi) is 10.1. The summed E-state index contributed by atoms with van der Waals surface area (Å²) in [5.41, 5.74) is 2.79. The van der Waals surface area contributed by atoms with Gasteiger partial charge in [0.05, 0.1) is 17.1 Å². The van der Waals surface area contributed by atoms with Crippen LogP contribution < -0.4 is 5.32 Å². The fourth-order valence-corrected chi connectivity index (χ4v) is 6.81. The van der Waals surface area contributed by atoms with Gasteiger partial charge in [-0.15, -0.1) is 0 Å². The zero-order valence-electron chi connectivity index (χ0n) is 24.3. The molecule has 0 saturated carbocycles. The summed E-state index contributed by atoms with van der Waals surface area (Å²) in [6.45, 7) is 1.33. The van der Waals surface area contributed by atoms with Crippen molar-refractivity contribution in [2.75, 3.05) is 13.1 Å². The molecule has 1 atom stereocenters. The highest BCUT2D eigenvalue weighted by Crippen LogP contribution is 2.26. The lowest BCUT2D eigenvalue weighted by Gasteiger charge is -2.32. The molecule has 1 aromatic heterocycles. The first-order valence-electron chi connectivity index (χ1n) is 14.7. The first kappa shape index (κ1) is 31.0. The van der Waals surface area contributed by atoms with Crippen LogP contribution in [0, 0.1) is 5.82 Å². The van der Waals surface area contributed by atoms with Crippen molar-refractivity contribution in [1.29, 1.82) is 0 Å². The molecule has 2 amide bonds. The summed E-state index contributed by atoms with van der Waals surface area (Å²) < 4.78 is 41.0. The van der Waals surface area contributed by atoms with E-state index in [1.807, 2.05) is 24.3 Å². The van der Waals surface area contributed by atoms with Gasteiger partial charge < -0.3 is 10.2 Å². The molecular weight excluding hydrogens is 579 g/mol. The Morgan fingerprint density at radius 1 is 0.864 bits per heavy atom. The molecule has 1 aliphatic heterocycles. The van der Waals surface area contributed by atoms with E-state index in [1.54, 1.807) is 66.9 Å². The third kappa shape index (κ3) is 7.75. The number of halogens is 1. The molecule has 8 nitrogen and oxygen atoms in total. The summed E-state index contributed by atoms with van der Waals surface area (Å²) in [5, 5.41) is 2.93. The monoisotopic (exact) mass is 614 g/mol. The Balaban J connectivity index is 1.37. The summed E-state index contributed by atoms with van der Waals surface area (Å²) in [6, 6.07) is 26.0. The van der Waals surface area contributed by atoms with E-state index in [0.717, 1.165) is 18.4 Å². The van der Waals surface area contributed by atoms with Crippen LogP contribution in [-0.2, 0) is 39.1 Å². The van der Waals surface area contributed by atoms with E-state index in [9.17, 15) is 22.4 Å². The van der Waals surface area contributed by atoms with Crippen molar-refractivity contribution in [2.24, 2.45) is 0 Å². The number of nitrogens with zero attached hydrogens (tertiary/aromatic N) is 3. The number of rotatable bonds is 12. The standard InChI is InChI=1S/C34H35FN4O4S/c35-29-16-11-27(12-17-29)25-39(33(28-8-2-1-3-9-28)34(41)37-24-30-10-4-5-21-36-30)32(40)20-15-26-13-18-31(19-14-26)44(42,43)38-22-6-7-23-38/h1-5,8-14,16-19,21,33H,6-7,15,20,22-25H2,(H,37,41)/t33-/m1/s1. The molecule has 10 heteroatoms. The number of sulfonamides is 1. The highest BCUT2D eigenvalue weighted by Gasteiger charge is 2.32. The van der Waals surface area contributed by atoms with Crippen molar-refractivity contribution < 1.29 is 22.4 Å². The Hall–Kier alpha value is -4.41. The van der Waals surface area contributed by atoms with Crippen molar-refractivity contribution in [3.8, 4) is 0 Å². The number of aromatic nitrogens is 1. The Labute approximate surface area is 257 Å². The normalized spacial score (nSPS) is 14.2. The molecule has 0 spiro atoms. The lowest BCUT2D eigenvalue weighted by atomic mass is 10.0. The van der Waals surface area contributed by atoms with Gasteiger partial charge in [0, 0.05) is 32.3 Å². The molecule has 228 valence electrons. The minimum absolute atomic E-state index is 0.0796. The first-order valence-corrected chi connectivity index (χ1v) is 16.1. The van der Waals surface area contributed by atoms with E-state index in [2.05, 4.69) is 10.3 Å². The lowest BCUT2D eigenvalue weighted by molar-refractivity contribution is -0.141. The van der Waals surface area contributed by atoms with Crippen LogP contribution in [0.15, 0.2) is 108 Å². The maximum Gasteiger partial charge on any atom is 0.247 e. The second-order valence-electron chi connectivity index (χ2n) is 10.8. The SMILES string of the molecule is O=C(NCc1ccccn1)[C@@H](c1ccccc1)N(Cc1ccc(F)cc1)C(=O)CCc1ccc(S(=O)(=O)N2CCCC2)cc1. The predicted octanol–water partition coefficient (Wildman–Crippen LogP) is 5.02. The van der Waals surface area contributed by atoms with Gasteiger partial charge in [-0.25, -0.2) is 12.8 Å². The molecule has 5 rings (SSSR count). The Morgan fingerprint density at radius 3 is 2.18 bits per heavy atom. The van der Waals surface area contributed by atoms with Gasteiger partial charge >= 0.3 is 0 Å². The summed E-state index contributed by atoms with van der Waals surface area (Å²) in [5.74, 6) is -1.03. The van der Waals surface area contributed by atoms with E-state index < -0.39 is 21.9 Å². The van der Waals surface area contributed by atoms with E-state index in [4.69, 9.17) is 0 Å². The van der Waals surface area contributed by atoms with Crippen molar-refractivity contribution in [2.45, 2.75) is 49.7 Å². The van der Waals surface area contributed by atoms with Crippen molar-refractivity contribution >= 4 is 21.8 Å². The van der Waals surface area contributed by atoms with Gasteiger partial charge in [0.25, 0.3) is 0 Å². The van der Waals surface area contributed by atoms with E-state index in [-0.39, 0.29) is 36.2 Å².